The van der Waals surface area contributed by atoms with Crippen molar-refractivity contribution in [2.24, 2.45) is 5.92 Å². The number of rotatable bonds is 3. The van der Waals surface area contributed by atoms with Crippen molar-refractivity contribution in [2.45, 2.75) is 25.7 Å². The van der Waals surface area contributed by atoms with Crippen LogP contribution in [0.25, 0.3) is 0 Å². The van der Waals surface area contributed by atoms with Crippen molar-refractivity contribution in [3.05, 3.63) is 18.2 Å². The van der Waals surface area contributed by atoms with Crippen LogP contribution >= 0.6 is 0 Å². The lowest BCUT2D eigenvalue weighted by molar-refractivity contribution is -0.117. The Kier molecular flexibility index (Phi) is 2.99. The predicted molar refractivity (Wildman–Crippen MR) is 63.1 cm³/mol. The third-order valence-corrected chi connectivity index (χ3v) is 3.01. The van der Waals surface area contributed by atoms with Crippen LogP contribution < -0.4 is 11.1 Å². The fourth-order valence-corrected chi connectivity index (χ4v) is 1.82. The van der Waals surface area contributed by atoms with E-state index in [0.717, 1.165) is 12.8 Å². The number of aromatic hydroxyl groups is 1. The van der Waals surface area contributed by atoms with Crippen LogP contribution in [-0.2, 0) is 4.79 Å². The van der Waals surface area contributed by atoms with Gasteiger partial charge >= 0.3 is 0 Å². The first-order valence-electron chi connectivity index (χ1n) is 5.53. The zero-order chi connectivity index (χ0) is 11.5. The van der Waals surface area contributed by atoms with Crippen LogP contribution in [0.15, 0.2) is 18.2 Å². The molecule has 4 N–H and O–H groups in total. The number of benzene rings is 1. The first kappa shape index (κ1) is 10.8. The molecular formula is C12H16N2O2. The first-order valence-corrected chi connectivity index (χ1v) is 5.53. The molecule has 1 saturated carbocycles. The van der Waals surface area contributed by atoms with Crippen molar-refractivity contribution < 1.29 is 9.90 Å². The Morgan fingerprint density at radius 2 is 2.25 bits per heavy atom. The zero-order valence-corrected chi connectivity index (χ0v) is 9.07. The maximum absolute atomic E-state index is 11.6. The molecule has 4 nitrogen and oxygen atoms in total. The lowest BCUT2D eigenvalue weighted by Gasteiger charge is -2.24. The molecular weight excluding hydrogens is 204 g/mol. The Bertz CT molecular complexity index is 400. The van der Waals surface area contributed by atoms with Crippen LogP contribution in [0.2, 0.25) is 0 Å². The van der Waals surface area contributed by atoms with Crippen molar-refractivity contribution in [2.75, 3.05) is 11.1 Å². The second-order valence-electron chi connectivity index (χ2n) is 4.32. The summed E-state index contributed by atoms with van der Waals surface area (Å²) in [6.45, 7) is 0. The number of hydrogen-bond donors (Lipinski definition) is 3. The van der Waals surface area contributed by atoms with Crippen LogP contribution in [0, 0.1) is 5.92 Å². The van der Waals surface area contributed by atoms with Gasteiger partial charge in [0.15, 0.2) is 0 Å². The SMILES string of the molecule is Nc1cc(O)ccc1NC(=O)CC1CCC1. The maximum Gasteiger partial charge on any atom is 0.224 e. The molecule has 1 aromatic rings. The molecule has 0 radical (unpaired) electrons. The van der Waals surface area contributed by atoms with E-state index < -0.39 is 0 Å². The Morgan fingerprint density at radius 1 is 1.50 bits per heavy atom. The number of nitrogens with two attached hydrogens (primary N) is 1. The number of phenolic OH excluding ortho intramolecular Hbond substituents is 1. The largest absolute Gasteiger partial charge is 0.508 e. The molecule has 0 heterocycles. The van der Waals surface area contributed by atoms with Crippen molar-refractivity contribution in [3.63, 3.8) is 0 Å². The summed E-state index contributed by atoms with van der Waals surface area (Å²) < 4.78 is 0. The Hall–Kier alpha value is -1.71. The molecule has 1 aromatic carbocycles. The molecule has 86 valence electrons. The second-order valence-corrected chi connectivity index (χ2v) is 4.32. The molecule has 0 spiro atoms. The highest BCUT2D eigenvalue weighted by Gasteiger charge is 2.20. The maximum atomic E-state index is 11.6. The number of phenols is 1. The fraction of sp³-hybridized carbons (Fsp3) is 0.417. The molecule has 0 unspecified atom stereocenters. The number of carbonyl (C=O) groups excluding carboxylic acids is 1. The van der Waals surface area contributed by atoms with Gasteiger partial charge < -0.3 is 16.2 Å². The van der Waals surface area contributed by atoms with Crippen molar-refractivity contribution in [1.29, 1.82) is 0 Å². The average molecular weight is 220 g/mol. The summed E-state index contributed by atoms with van der Waals surface area (Å²) in [5.41, 5.74) is 6.63. The molecule has 0 atom stereocenters. The van der Waals surface area contributed by atoms with Gasteiger partial charge in [-0.25, -0.2) is 0 Å². The Balaban J connectivity index is 1.94. The average Bonchev–Trinajstić information content (AvgIpc) is 2.16. The summed E-state index contributed by atoms with van der Waals surface area (Å²) in [7, 11) is 0. The normalized spacial score (nSPS) is 15.5. The highest BCUT2D eigenvalue weighted by molar-refractivity contribution is 5.94. The van der Waals surface area contributed by atoms with E-state index in [9.17, 15) is 9.90 Å². The minimum Gasteiger partial charge on any atom is -0.508 e. The van der Waals surface area contributed by atoms with E-state index in [2.05, 4.69) is 5.32 Å². The van der Waals surface area contributed by atoms with Gasteiger partial charge in [-0.1, -0.05) is 6.42 Å². The van der Waals surface area contributed by atoms with E-state index in [4.69, 9.17) is 5.73 Å². The summed E-state index contributed by atoms with van der Waals surface area (Å²) in [4.78, 5) is 11.6. The highest BCUT2D eigenvalue weighted by atomic mass is 16.3. The minimum atomic E-state index is 0.00193. The van der Waals surface area contributed by atoms with E-state index in [-0.39, 0.29) is 11.7 Å². The van der Waals surface area contributed by atoms with Gasteiger partial charge in [0.05, 0.1) is 11.4 Å². The van der Waals surface area contributed by atoms with Crippen molar-refractivity contribution in [1.82, 2.24) is 0 Å². The smallest absolute Gasteiger partial charge is 0.224 e. The van der Waals surface area contributed by atoms with Gasteiger partial charge in [-0.3, -0.25) is 4.79 Å². The molecule has 4 heteroatoms. The monoisotopic (exact) mass is 220 g/mol. The standard InChI is InChI=1S/C12H16N2O2/c13-10-7-9(15)4-5-11(10)14-12(16)6-8-2-1-3-8/h4-5,7-8,15H,1-3,6,13H2,(H,14,16). The minimum absolute atomic E-state index is 0.00193. The number of nitrogens with one attached hydrogen (secondary N) is 1. The van der Waals surface area contributed by atoms with Crippen LogP contribution in [0.3, 0.4) is 0 Å². The van der Waals surface area contributed by atoms with Gasteiger partial charge in [-0.05, 0) is 30.9 Å². The van der Waals surface area contributed by atoms with Crippen molar-refractivity contribution in [3.8, 4) is 5.75 Å². The van der Waals surface area contributed by atoms with Gasteiger partial charge in [0.25, 0.3) is 0 Å². The molecule has 2 rings (SSSR count). The molecule has 0 aromatic heterocycles. The second kappa shape index (κ2) is 4.43. The van der Waals surface area contributed by atoms with Crippen LogP contribution in [0.4, 0.5) is 11.4 Å². The number of carbonyl (C=O) groups is 1. The van der Waals surface area contributed by atoms with Gasteiger partial charge in [-0.15, -0.1) is 0 Å². The number of nitrogen functional groups attached to an aromatic ring is 1. The lowest BCUT2D eigenvalue weighted by atomic mass is 9.83. The Labute approximate surface area is 94.5 Å². The van der Waals surface area contributed by atoms with Crippen LogP contribution in [0.1, 0.15) is 25.7 Å². The third kappa shape index (κ3) is 2.45. The van der Waals surface area contributed by atoms with E-state index in [0.29, 0.717) is 23.7 Å². The molecule has 1 amide bonds. The van der Waals surface area contributed by atoms with Crippen LogP contribution in [0.5, 0.6) is 5.75 Å². The summed E-state index contributed by atoms with van der Waals surface area (Å²) in [6.07, 6.45) is 4.11. The molecule has 1 aliphatic rings. The lowest BCUT2D eigenvalue weighted by Crippen LogP contribution is -2.21. The van der Waals surface area contributed by atoms with Crippen LogP contribution in [-0.4, -0.2) is 11.0 Å². The molecule has 0 aliphatic heterocycles. The van der Waals surface area contributed by atoms with E-state index in [1.54, 1.807) is 6.07 Å². The Morgan fingerprint density at radius 3 is 2.81 bits per heavy atom. The first-order chi connectivity index (χ1) is 7.65. The van der Waals surface area contributed by atoms with E-state index >= 15 is 0 Å². The topological polar surface area (TPSA) is 75.3 Å². The number of anilines is 2. The van der Waals surface area contributed by atoms with Gasteiger partial charge in [0, 0.05) is 12.5 Å². The molecule has 1 fully saturated rings. The molecule has 16 heavy (non-hydrogen) atoms. The third-order valence-electron chi connectivity index (χ3n) is 3.01. The fourth-order valence-electron chi connectivity index (χ4n) is 1.82. The molecule has 1 aliphatic carbocycles. The summed E-state index contributed by atoms with van der Waals surface area (Å²) in [6, 6.07) is 4.55. The number of hydrogen-bond acceptors (Lipinski definition) is 3. The highest BCUT2D eigenvalue weighted by Crippen LogP contribution is 2.30. The summed E-state index contributed by atoms with van der Waals surface area (Å²) in [5.74, 6) is 0.648. The van der Waals surface area contributed by atoms with E-state index in [1.165, 1.54) is 18.6 Å². The quantitative estimate of drug-likeness (QED) is 0.539. The van der Waals surface area contributed by atoms with Gasteiger partial charge in [0.1, 0.15) is 5.75 Å². The predicted octanol–water partition coefficient (Wildman–Crippen LogP) is 2.10. The van der Waals surface area contributed by atoms with Gasteiger partial charge in [-0.2, -0.15) is 0 Å². The van der Waals surface area contributed by atoms with E-state index in [1.807, 2.05) is 0 Å². The number of amides is 1. The summed E-state index contributed by atoms with van der Waals surface area (Å²) >= 11 is 0. The summed E-state index contributed by atoms with van der Waals surface area (Å²) in [5, 5.41) is 11.9. The molecule has 0 bridgehead atoms. The van der Waals surface area contributed by atoms with Crippen molar-refractivity contribution >= 4 is 17.3 Å². The zero-order valence-electron chi connectivity index (χ0n) is 9.07. The molecule has 0 saturated heterocycles. The van der Waals surface area contributed by atoms with Gasteiger partial charge in [0.2, 0.25) is 5.91 Å².